The van der Waals surface area contributed by atoms with Crippen LogP contribution >= 0.6 is 22.9 Å². The van der Waals surface area contributed by atoms with E-state index in [2.05, 4.69) is 23.2 Å². The van der Waals surface area contributed by atoms with Crippen molar-refractivity contribution in [1.29, 1.82) is 0 Å². The van der Waals surface area contributed by atoms with Gasteiger partial charge >= 0.3 is 0 Å². The van der Waals surface area contributed by atoms with Crippen LogP contribution in [0.1, 0.15) is 35.6 Å². The molecule has 0 atom stereocenters. The Labute approximate surface area is 137 Å². The van der Waals surface area contributed by atoms with Crippen LogP contribution in [0.5, 0.6) is 0 Å². The fourth-order valence-corrected chi connectivity index (χ4v) is 4.25. The summed E-state index contributed by atoms with van der Waals surface area (Å²) in [7, 11) is 0. The molecule has 0 spiro atoms. The van der Waals surface area contributed by atoms with Crippen LogP contribution in [0.2, 0.25) is 5.02 Å². The first-order valence-electron chi connectivity index (χ1n) is 7.23. The molecule has 0 fully saturated rings. The summed E-state index contributed by atoms with van der Waals surface area (Å²) in [4.78, 5) is 18.8. The summed E-state index contributed by atoms with van der Waals surface area (Å²) in [5, 5.41) is 0.717. The number of imidazole rings is 1. The first-order valence-corrected chi connectivity index (χ1v) is 8.42. The van der Waals surface area contributed by atoms with Crippen molar-refractivity contribution in [3.63, 3.8) is 0 Å². The molecule has 1 aromatic carbocycles. The highest BCUT2D eigenvalue weighted by Gasteiger charge is 2.34. The molecule has 0 aliphatic heterocycles. The molecule has 2 aromatic heterocycles. The van der Waals surface area contributed by atoms with Crippen LogP contribution in [0.15, 0.2) is 30.5 Å². The van der Waals surface area contributed by atoms with Crippen LogP contribution in [0.25, 0.3) is 16.2 Å². The monoisotopic (exact) mass is 330 g/mol. The largest absolute Gasteiger partial charge is 0.293 e. The Morgan fingerprint density at radius 3 is 2.68 bits per heavy atom. The second kappa shape index (κ2) is 4.67. The van der Waals surface area contributed by atoms with E-state index in [0.29, 0.717) is 6.42 Å². The van der Waals surface area contributed by atoms with Crippen molar-refractivity contribution in [3.05, 3.63) is 46.1 Å². The molecule has 1 aliphatic rings. The molecule has 3 nitrogen and oxygen atoms in total. The highest BCUT2D eigenvalue weighted by molar-refractivity contribution is 7.19. The van der Waals surface area contributed by atoms with E-state index in [-0.39, 0.29) is 11.2 Å². The fraction of sp³-hybridized carbons (Fsp3) is 0.294. The molecular formula is C17H15ClN2OS. The van der Waals surface area contributed by atoms with Crippen LogP contribution in [-0.2, 0) is 6.42 Å². The second-order valence-electron chi connectivity index (χ2n) is 6.60. The molecule has 0 N–H and O–H groups in total. The number of aromatic nitrogens is 2. The van der Waals surface area contributed by atoms with Gasteiger partial charge in [-0.2, -0.15) is 0 Å². The molecule has 0 amide bonds. The van der Waals surface area contributed by atoms with Gasteiger partial charge in [-0.1, -0.05) is 48.9 Å². The minimum absolute atomic E-state index is 0.0167. The van der Waals surface area contributed by atoms with Crippen LogP contribution < -0.4 is 0 Å². The minimum Gasteiger partial charge on any atom is -0.293 e. The van der Waals surface area contributed by atoms with Gasteiger partial charge in [-0.15, -0.1) is 0 Å². The van der Waals surface area contributed by atoms with Gasteiger partial charge in [-0.25, -0.2) is 4.98 Å². The van der Waals surface area contributed by atoms with Crippen molar-refractivity contribution in [2.75, 3.05) is 0 Å². The number of carbonyl (C=O) groups is 1. The summed E-state index contributed by atoms with van der Waals surface area (Å²) in [6.45, 7) is 4.29. The van der Waals surface area contributed by atoms with Crippen LogP contribution in [0.4, 0.5) is 0 Å². The zero-order valence-electron chi connectivity index (χ0n) is 12.4. The number of ketones is 1. The van der Waals surface area contributed by atoms with E-state index in [0.717, 1.165) is 38.2 Å². The number of Topliss-reactive ketones (excluding diaryl/α,β-unsaturated/α-hetero) is 1. The standard InChI is InChI=1S/C17H15ClN2OS/c1-17(2)7-13-15(14(21)8-17)22-16-19-12(9-20(13)16)10-3-5-11(18)6-4-10/h3-6,9H,7-8H2,1-2H3. The Kier molecular flexibility index (Phi) is 2.97. The summed E-state index contributed by atoms with van der Waals surface area (Å²) in [6, 6.07) is 7.67. The molecule has 22 heavy (non-hydrogen) atoms. The maximum atomic E-state index is 12.3. The van der Waals surface area contributed by atoms with Gasteiger partial charge < -0.3 is 0 Å². The zero-order chi connectivity index (χ0) is 15.5. The van der Waals surface area contributed by atoms with Crippen molar-refractivity contribution >= 4 is 33.7 Å². The predicted octanol–water partition coefficient (Wildman–Crippen LogP) is 4.87. The lowest BCUT2D eigenvalue weighted by atomic mass is 9.78. The topological polar surface area (TPSA) is 34.4 Å². The Morgan fingerprint density at radius 2 is 1.95 bits per heavy atom. The number of nitrogens with zero attached hydrogens (tertiary/aromatic N) is 2. The van der Waals surface area contributed by atoms with Gasteiger partial charge in [-0.3, -0.25) is 9.20 Å². The lowest BCUT2D eigenvalue weighted by Crippen LogP contribution is -2.26. The number of thiazole rings is 1. The van der Waals surface area contributed by atoms with E-state index >= 15 is 0 Å². The second-order valence-corrected chi connectivity index (χ2v) is 8.02. The zero-order valence-corrected chi connectivity index (χ0v) is 14.0. The van der Waals surface area contributed by atoms with Crippen molar-refractivity contribution < 1.29 is 4.79 Å². The van der Waals surface area contributed by atoms with E-state index in [1.54, 1.807) is 0 Å². The molecule has 1 aliphatic carbocycles. The Bertz CT molecular complexity index is 889. The number of hydrogen-bond acceptors (Lipinski definition) is 3. The van der Waals surface area contributed by atoms with E-state index < -0.39 is 0 Å². The maximum Gasteiger partial charge on any atom is 0.195 e. The Morgan fingerprint density at radius 1 is 1.23 bits per heavy atom. The van der Waals surface area contributed by atoms with Crippen LogP contribution in [0.3, 0.4) is 0 Å². The Balaban J connectivity index is 1.85. The maximum absolute atomic E-state index is 12.3. The molecule has 0 radical (unpaired) electrons. The van der Waals surface area contributed by atoms with Crippen molar-refractivity contribution in [1.82, 2.24) is 9.38 Å². The first-order chi connectivity index (χ1) is 10.4. The van der Waals surface area contributed by atoms with Gasteiger partial charge in [0.2, 0.25) is 0 Å². The third kappa shape index (κ3) is 2.18. The SMILES string of the molecule is CC1(C)CC(=O)c2sc3nc(-c4ccc(Cl)cc4)cn3c2C1. The van der Waals surface area contributed by atoms with Gasteiger partial charge in [0, 0.05) is 28.9 Å². The first kappa shape index (κ1) is 14.0. The Hall–Kier alpha value is -1.65. The summed E-state index contributed by atoms with van der Waals surface area (Å²) in [5.74, 6) is 0.245. The predicted molar refractivity (Wildman–Crippen MR) is 89.9 cm³/mol. The van der Waals surface area contributed by atoms with Crippen molar-refractivity contribution in [2.24, 2.45) is 5.41 Å². The fourth-order valence-electron chi connectivity index (χ4n) is 3.06. The van der Waals surface area contributed by atoms with Crippen LogP contribution in [-0.4, -0.2) is 15.2 Å². The summed E-state index contributed by atoms with van der Waals surface area (Å²) < 4.78 is 2.09. The van der Waals surface area contributed by atoms with Crippen LogP contribution in [0, 0.1) is 5.41 Å². The molecule has 3 aromatic rings. The summed E-state index contributed by atoms with van der Waals surface area (Å²) >= 11 is 7.44. The van der Waals surface area contributed by atoms with Gasteiger partial charge in [0.05, 0.1) is 10.6 Å². The number of rotatable bonds is 1. The third-order valence-corrected chi connectivity index (χ3v) is 5.49. The average Bonchev–Trinajstić information content (AvgIpc) is 2.98. The van der Waals surface area contributed by atoms with Crippen molar-refractivity contribution in [3.8, 4) is 11.3 Å². The summed E-state index contributed by atoms with van der Waals surface area (Å²) in [6.07, 6.45) is 3.56. The molecule has 112 valence electrons. The molecule has 0 bridgehead atoms. The molecular weight excluding hydrogens is 316 g/mol. The van der Waals surface area contributed by atoms with Gasteiger partial charge in [0.1, 0.15) is 0 Å². The highest BCUT2D eigenvalue weighted by Crippen LogP contribution is 2.39. The lowest BCUT2D eigenvalue weighted by Gasteiger charge is -2.27. The number of benzene rings is 1. The molecule has 5 heteroatoms. The van der Waals surface area contributed by atoms with Gasteiger partial charge in [-0.05, 0) is 24.0 Å². The number of fused-ring (bicyclic) bond motifs is 3. The number of halogens is 1. The molecule has 0 saturated heterocycles. The quantitative estimate of drug-likeness (QED) is 0.638. The van der Waals surface area contributed by atoms with E-state index in [9.17, 15) is 4.79 Å². The minimum atomic E-state index is 0.0167. The van der Waals surface area contributed by atoms with Crippen molar-refractivity contribution in [2.45, 2.75) is 26.7 Å². The smallest absolute Gasteiger partial charge is 0.195 e. The van der Waals surface area contributed by atoms with E-state index in [1.807, 2.05) is 30.5 Å². The summed E-state index contributed by atoms with van der Waals surface area (Å²) in [5.41, 5.74) is 3.08. The molecule has 4 rings (SSSR count). The van der Waals surface area contributed by atoms with E-state index in [1.165, 1.54) is 11.3 Å². The number of hydrogen-bond donors (Lipinski definition) is 0. The normalized spacial score (nSPS) is 17.0. The highest BCUT2D eigenvalue weighted by atomic mass is 35.5. The van der Waals surface area contributed by atoms with Gasteiger partial charge in [0.15, 0.2) is 10.7 Å². The van der Waals surface area contributed by atoms with Gasteiger partial charge in [0.25, 0.3) is 0 Å². The molecule has 0 saturated carbocycles. The lowest BCUT2D eigenvalue weighted by molar-refractivity contribution is 0.0915. The molecule has 2 heterocycles. The average molecular weight is 331 g/mol. The van der Waals surface area contributed by atoms with E-state index in [4.69, 9.17) is 11.6 Å². The number of carbonyl (C=O) groups excluding carboxylic acids is 1. The third-order valence-electron chi connectivity index (χ3n) is 4.10. The molecule has 0 unspecified atom stereocenters.